The zero-order valence-electron chi connectivity index (χ0n) is 15.5. The molecule has 0 spiro atoms. The van der Waals surface area contributed by atoms with Gasteiger partial charge in [0.2, 0.25) is 0 Å². The Morgan fingerprint density at radius 3 is 2.36 bits per heavy atom. The largest absolute Gasteiger partial charge is 0.478 e. The van der Waals surface area contributed by atoms with Crippen LogP contribution >= 0.6 is 0 Å². The Morgan fingerprint density at radius 1 is 1.12 bits per heavy atom. The van der Waals surface area contributed by atoms with Crippen LogP contribution in [0.3, 0.4) is 0 Å². The predicted octanol–water partition coefficient (Wildman–Crippen LogP) is 3.72. The first-order valence-corrected chi connectivity index (χ1v) is 9.91. The summed E-state index contributed by atoms with van der Waals surface area (Å²) in [7, 11) is 0. The number of likely N-dealkylation sites (tertiary alicyclic amines) is 1. The van der Waals surface area contributed by atoms with Gasteiger partial charge in [0.15, 0.2) is 0 Å². The van der Waals surface area contributed by atoms with Crippen LogP contribution < -0.4 is 0 Å². The van der Waals surface area contributed by atoms with Crippen molar-refractivity contribution in [1.82, 2.24) is 9.80 Å². The summed E-state index contributed by atoms with van der Waals surface area (Å²) in [4.78, 5) is 16.1. The van der Waals surface area contributed by atoms with E-state index in [4.69, 9.17) is 5.11 Å². The van der Waals surface area contributed by atoms with Crippen LogP contribution in [0.2, 0.25) is 0 Å². The maximum absolute atomic E-state index is 10.9. The molecule has 0 radical (unpaired) electrons. The van der Waals surface area contributed by atoms with Crippen molar-refractivity contribution in [3.63, 3.8) is 0 Å². The highest BCUT2D eigenvalue weighted by Crippen LogP contribution is 2.30. The molecule has 1 aliphatic heterocycles. The Hall–Kier alpha value is -1.39. The number of aromatic carboxylic acids is 1. The number of hydrogen-bond donors (Lipinski definition) is 1. The van der Waals surface area contributed by atoms with Gasteiger partial charge in [0.05, 0.1) is 5.56 Å². The van der Waals surface area contributed by atoms with Crippen molar-refractivity contribution < 1.29 is 9.90 Å². The first-order chi connectivity index (χ1) is 12.1. The second-order valence-electron chi connectivity index (χ2n) is 7.85. The third kappa shape index (κ3) is 5.82. The van der Waals surface area contributed by atoms with Crippen LogP contribution in [0.5, 0.6) is 0 Å². The van der Waals surface area contributed by atoms with Gasteiger partial charge in [0, 0.05) is 13.1 Å². The molecule has 0 atom stereocenters. The molecule has 3 rings (SSSR count). The van der Waals surface area contributed by atoms with E-state index in [1.165, 1.54) is 70.4 Å². The Bertz CT molecular complexity index is 546. The summed E-state index contributed by atoms with van der Waals surface area (Å²) in [6.07, 6.45) is 6.84. The molecule has 1 aliphatic carbocycles. The minimum Gasteiger partial charge on any atom is -0.478 e. The van der Waals surface area contributed by atoms with E-state index in [9.17, 15) is 4.79 Å². The maximum Gasteiger partial charge on any atom is 0.335 e. The van der Waals surface area contributed by atoms with Gasteiger partial charge in [-0.25, -0.2) is 4.79 Å². The molecule has 25 heavy (non-hydrogen) atoms. The van der Waals surface area contributed by atoms with Gasteiger partial charge in [-0.1, -0.05) is 19.1 Å². The van der Waals surface area contributed by atoms with E-state index in [0.29, 0.717) is 5.56 Å². The van der Waals surface area contributed by atoms with Crippen molar-refractivity contribution in [3.8, 4) is 0 Å². The lowest BCUT2D eigenvalue weighted by Gasteiger charge is -2.33. The molecule has 2 fully saturated rings. The molecule has 4 heteroatoms. The van der Waals surface area contributed by atoms with E-state index in [0.717, 1.165) is 18.4 Å². The number of carbonyl (C=O) groups is 1. The second kappa shape index (κ2) is 8.81. The average Bonchev–Trinajstić information content (AvgIpc) is 3.44. The highest BCUT2D eigenvalue weighted by molar-refractivity contribution is 5.87. The van der Waals surface area contributed by atoms with Gasteiger partial charge in [-0.15, -0.1) is 0 Å². The molecule has 4 nitrogen and oxygen atoms in total. The van der Waals surface area contributed by atoms with Crippen LogP contribution in [0, 0.1) is 11.8 Å². The fourth-order valence-electron chi connectivity index (χ4n) is 3.85. The molecule has 1 aromatic carbocycles. The highest BCUT2D eigenvalue weighted by Gasteiger charge is 2.25. The lowest BCUT2D eigenvalue weighted by Crippen LogP contribution is -2.35. The van der Waals surface area contributed by atoms with Gasteiger partial charge in [0.1, 0.15) is 0 Å². The van der Waals surface area contributed by atoms with Crippen LogP contribution in [0.15, 0.2) is 24.3 Å². The van der Waals surface area contributed by atoms with Gasteiger partial charge in [0.25, 0.3) is 0 Å². The first-order valence-electron chi connectivity index (χ1n) is 9.91. The number of rotatable bonds is 9. The Kier molecular flexibility index (Phi) is 6.49. The summed E-state index contributed by atoms with van der Waals surface area (Å²) < 4.78 is 0. The lowest BCUT2D eigenvalue weighted by molar-refractivity contribution is 0.0697. The topological polar surface area (TPSA) is 43.8 Å². The van der Waals surface area contributed by atoms with Crippen molar-refractivity contribution in [2.75, 3.05) is 32.7 Å². The molecular weight excluding hydrogens is 312 g/mol. The molecule has 1 saturated heterocycles. The second-order valence-corrected chi connectivity index (χ2v) is 7.85. The number of piperidine rings is 1. The van der Waals surface area contributed by atoms with E-state index in [-0.39, 0.29) is 0 Å². The van der Waals surface area contributed by atoms with Crippen LogP contribution in [-0.2, 0) is 6.54 Å². The number of benzene rings is 1. The van der Waals surface area contributed by atoms with Crippen molar-refractivity contribution in [2.45, 2.75) is 45.6 Å². The molecule has 1 heterocycles. The number of carboxylic acid groups (broad SMARTS) is 1. The summed E-state index contributed by atoms with van der Waals surface area (Å²) >= 11 is 0. The molecule has 2 aliphatic rings. The Labute approximate surface area is 151 Å². The van der Waals surface area contributed by atoms with Crippen LogP contribution in [0.4, 0.5) is 0 Å². The fourth-order valence-corrected chi connectivity index (χ4v) is 3.85. The molecule has 138 valence electrons. The smallest absolute Gasteiger partial charge is 0.335 e. The van der Waals surface area contributed by atoms with E-state index in [2.05, 4.69) is 16.7 Å². The van der Waals surface area contributed by atoms with Crippen LogP contribution in [0.1, 0.15) is 54.9 Å². The van der Waals surface area contributed by atoms with Crippen LogP contribution in [0.25, 0.3) is 0 Å². The van der Waals surface area contributed by atoms with Crippen LogP contribution in [-0.4, -0.2) is 53.6 Å². The molecule has 0 bridgehead atoms. The van der Waals surface area contributed by atoms with E-state index >= 15 is 0 Å². The summed E-state index contributed by atoms with van der Waals surface area (Å²) in [5, 5.41) is 8.97. The van der Waals surface area contributed by atoms with Crippen molar-refractivity contribution >= 4 is 5.97 Å². The third-order valence-corrected chi connectivity index (χ3v) is 5.83. The molecular formula is C21H32N2O2. The SMILES string of the molecule is CCN(CCC1CCN(Cc2ccc(C(=O)O)cc2)CC1)CC1CC1. The number of hydrogen-bond acceptors (Lipinski definition) is 3. The van der Waals surface area contributed by atoms with E-state index in [1.807, 2.05) is 12.1 Å². The predicted molar refractivity (Wildman–Crippen MR) is 101 cm³/mol. The summed E-state index contributed by atoms with van der Waals surface area (Å²) in [6, 6.07) is 7.33. The molecule has 1 saturated carbocycles. The first kappa shape index (κ1) is 18.4. The summed E-state index contributed by atoms with van der Waals surface area (Å²) in [5.41, 5.74) is 1.58. The van der Waals surface area contributed by atoms with E-state index in [1.54, 1.807) is 12.1 Å². The minimum absolute atomic E-state index is 0.370. The number of carboxylic acids is 1. The Morgan fingerprint density at radius 2 is 1.80 bits per heavy atom. The third-order valence-electron chi connectivity index (χ3n) is 5.83. The number of nitrogens with zero attached hydrogens (tertiary/aromatic N) is 2. The molecule has 0 amide bonds. The monoisotopic (exact) mass is 344 g/mol. The minimum atomic E-state index is -0.852. The summed E-state index contributed by atoms with van der Waals surface area (Å²) in [6.45, 7) is 9.36. The molecule has 1 aromatic rings. The van der Waals surface area contributed by atoms with Gasteiger partial charge >= 0.3 is 5.97 Å². The van der Waals surface area contributed by atoms with Gasteiger partial charge in [-0.2, -0.15) is 0 Å². The van der Waals surface area contributed by atoms with Gasteiger partial charge < -0.3 is 10.0 Å². The standard InChI is InChI=1S/C21H32N2O2/c1-2-22(15-18-3-4-18)12-9-17-10-13-23(14-11-17)16-19-5-7-20(8-6-19)21(24)25/h5-8,17-18H,2-4,9-16H2,1H3,(H,24,25). The quantitative estimate of drug-likeness (QED) is 0.741. The normalized spacial score (nSPS) is 19.4. The van der Waals surface area contributed by atoms with E-state index < -0.39 is 5.97 Å². The van der Waals surface area contributed by atoms with Gasteiger partial charge in [-0.3, -0.25) is 4.90 Å². The van der Waals surface area contributed by atoms with Crippen molar-refractivity contribution in [2.24, 2.45) is 11.8 Å². The average molecular weight is 344 g/mol. The highest BCUT2D eigenvalue weighted by atomic mass is 16.4. The maximum atomic E-state index is 10.9. The van der Waals surface area contributed by atoms with Gasteiger partial charge in [-0.05, 0) is 87.8 Å². The Balaban J connectivity index is 1.37. The molecule has 0 aromatic heterocycles. The summed E-state index contributed by atoms with van der Waals surface area (Å²) in [5.74, 6) is 1.02. The van der Waals surface area contributed by atoms with Crippen molar-refractivity contribution in [3.05, 3.63) is 35.4 Å². The molecule has 1 N–H and O–H groups in total. The molecule has 0 unspecified atom stereocenters. The van der Waals surface area contributed by atoms with Crippen molar-refractivity contribution in [1.29, 1.82) is 0 Å². The fraction of sp³-hybridized carbons (Fsp3) is 0.667. The lowest BCUT2D eigenvalue weighted by atomic mass is 9.93. The zero-order chi connectivity index (χ0) is 17.6. The zero-order valence-corrected chi connectivity index (χ0v) is 15.5.